The van der Waals surface area contributed by atoms with Crippen LogP contribution >= 0.6 is 0 Å². The predicted molar refractivity (Wildman–Crippen MR) is 123 cm³/mol. The number of nitrogens with one attached hydrogen (secondary N) is 2. The Morgan fingerprint density at radius 1 is 1.06 bits per heavy atom. The molecule has 0 fully saturated rings. The van der Waals surface area contributed by atoms with Gasteiger partial charge in [0.25, 0.3) is 15.9 Å². The lowest BCUT2D eigenvalue weighted by atomic mass is 10.1. The van der Waals surface area contributed by atoms with Gasteiger partial charge in [0, 0.05) is 24.8 Å². The topological polar surface area (TPSA) is 112 Å². The number of amides is 1. The second-order valence-electron chi connectivity index (χ2n) is 7.72. The van der Waals surface area contributed by atoms with Gasteiger partial charge in [-0.3, -0.25) is 14.2 Å². The van der Waals surface area contributed by atoms with E-state index in [2.05, 4.69) is 15.1 Å². The first-order valence-electron chi connectivity index (χ1n) is 10.6. The summed E-state index contributed by atoms with van der Waals surface area (Å²) in [4.78, 5) is 12.8. The molecule has 0 spiro atoms. The highest BCUT2D eigenvalue weighted by molar-refractivity contribution is 7.92. The summed E-state index contributed by atoms with van der Waals surface area (Å²) in [6.07, 6.45) is 0.693. The second kappa shape index (κ2) is 9.53. The molecular weight excluding hydrogens is 444 g/mol. The zero-order chi connectivity index (χ0) is 23.4. The minimum absolute atomic E-state index is 0.0202. The molecule has 0 bridgehead atoms. The van der Waals surface area contributed by atoms with Crippen molar-refractivity contribution >= 4 is 21.6 Å². The molecule has 3 aromatic rings. The van der Waals surface area contributed by atoms with Gasteiger partial charge in [-0.1, -0.05) is 12.1 Å². The molecule has 33 heavy (non-hydrogen) atoms. The molecule has 1 aromatic heterocycles. The van der Waals surface area contributed by atoms with Gasteiger partial charge in [-0.2, -0.15) is 5.10 Å². The number of benzene rings is 2. The van der Waals surface area contributed by atoms with Crippen LogP contribution in [0.2, 0.25) is 0 Å². The van der Waals surface area contributed by atoms with Crippen LogP contribution in [-0.2, 0) is 16.6 Å². The molecule has 10 heteroatoms. The maximum absolute atomic E-state index is 13.0. The van der Waals surface area contributed by atoms with Crippen molar-refractivity contribution in [1.29, 1.82) is 0 Å². The third-order valence-corrected chi connectivity index (χ3v) is 6.54. The highest BCUT2D eigenvalue weighted by Gasteiger charge is 2.21. The predicted octanol–water partition coefficient (Wildman–Crippen LogP) is 2.89. The summed E-state index contributed by atoms with van der Waals surface area (Å²) in [5.41, 5.74) is 2.46. The van der Waals surface area contributed by atoms with Crippen molar-refractivity contribution in [2.75, 3.05) is 24.5 Å². The molecule has 2 heterocycles. The van der Waals surface area contributed by atoms with E-state index in [-0.39, 0.29) is 22.1 Å². The van der Waals surface area contributed by atoms with Gasteiger partial charge in [0.1, 0.15) is 13.2 Å². The first-order valence-corrected chi connectivity index (χ1v) is 12.1. The number of para-hydroxylation sites is 1. The number of rotatable bonds is 8. The number of aromatic nitrogens is 2. The van der Waals surface area contributed by atoms with Crippen molar-refractivity contribution in [2.45, 2.75) is 31.7 Å². The van der Waals surface area contributed by atoms with Crippen LogP contribution in [0.5, 0.6) is 11.5 Å². The van der Waals surface area contributed by atoms with Crippen LogP contribution in [0.15, 0.2) is 53.4 Å². The van der Waals surface area contributed by atoms with Crippen LogP contribution in [0.3, 0.4) is 0 Å². The number of hydrogen-bond acceptors (Lipinski definition) is 6. The summed E-state index contributed by atoms with van der Waals surface area (Å²) in [7, 11) is -3.94. The van der Waals surface area contributed by atoms with Crippen LogP contribution in [0.25, 0.3) is 0 Å². The lowest BCUT2D eigenvalue weighted by Gasteiger charge is -2.19. The van der Waals surface area contributed by atoms with E-state index in [9.17, 15) is 13.2 Å². The average Bonchev–Trinajstić information content (AvgIpc) is 3.13. The van der Waals surface area contributed by atoms with Crippen LogP contribution in [0.4, 0.5) is 5.69 Å². The Labute approximate surface area is 192 Å². The number of ether oxygens (including phenoxy) is 2. The third kappa shape index (κ3) is 5.28. The molecule has 2 N–H and O–H groups in total. The van der Waals surface area contributed by atoms with Gasteiger partial charge in [0.2, 0.25) is 0 Å². The van der Waals surface area contributed by atoms with Gasteiger partial charge < -0.3 is 14.8 Å². The van der Waals surface area contributed by atoms with Gasteiger partial charge in [-0.15, -0.1) is 0 Å². The van der Waals surface area contributed by atoms with E-state index in [0.717, 1.165) is 11.4 Å². The number of fused-ring (bicyclic) bond motifs is 1. The third-order valence-electron chi connectivity index (χ3n) is 5.18. The van der Waals surface area contributed by atoms with Crippen molar-refractivity contribution < 1.29 is 22.7 Å². The summed E-state index contributed by atoms with van der Waals surface area (Å²) in [6, 6.07) is 12.9. The van der Waals surface area contributed by atoms with Crippen molar-refractivity contribution in [2.24, 2.45) is 0 Å². The lowest BCUT2D eigenvalue weighted by Crippen LogP contribution is -2.27. The summed E-state index contributed by atoms with van der Waals surface area (Å²) in [5.74, 6) is 0.516. The Morgan fingerprint density at radius 3 is 2.58 bits per heavy atom. The summed E-state index contributed by atoms with van der Waals surface area (Å²) in [6.45, 7) is 5.81. The maximum atomic E-state index is 13.0. The molecule has 0 unspecified atom stereocenters. The molecular formula is C23H26N4O5S. The first-order chi connectivity index (χ1) is 15.8. The fraction of sp³-hybridized carbons (Fsp3) is 0.304. The van der Waals surface area contributed by atoms with Crippen LogP contribution in [0, 0.1) is 13.8 Å². The van der Waals surface area contributed by atoms with Gasteiger partial charge in [0.15, 0.2) is 11.5 Å². The van der Waals surface area contributed by atoms with Gasteiger partial charge >= 0.3 is 0 Å². The molecule has 0 atom stereocenters. The molecule has 4 rings (SSSR count). The molecule has 1 aliphatic heterocycles. The summed E-state index contributed by atoms with van der Waals surface area (Å²) >= 11 is 0. The van der Waals surface area contributed by atoms with Crippen molar-refractivity contribution in [3.05, 3.63) is 65.5 Å². The van der Waals surface area contributed by atoms with E-state index in [4.69, 9.17) is 9.47 Å². The highest BCUT2D eigenvalue weighted by atomic mass is 32.2. The van der Waals surface area contributed by atoms with E-state index in [1.54, 1.807) is 30.3 Å². The quantitative estimate of drug-likeness (QED) is 0.490. The number of carbonyl (C=O) groups excluding carboxylic acids is 1. The summed E-state index contributed by atoms with van der Waals surface area (Å²) in [5, 5.41) is 7.26. The Bertz CT molecular complexity index is 1270. The minimum Gasteiger partial charge on any atom is -0.486 e. The van der Waals surface area contributed by atoms with Gasteiger partial charge in [-0.05, 0) is 50.6 Å². The molecule has 1 aliphatic rings. The minimum atomic E-state index is -3.94. The summed E-state index contributed by atoms with van der Waals surface area (Å²) < 4.78 is 41.3. The molecule has 0 aliphatic carbocycles. The SMILES string of the molecule is Cc1cc(C)n(CCCNC(=O)c2ccccc2NS(=O)(=O)c2ccc3c(c2)OCCO3)n1. The Kier molecular flexibility index (Phi) is 6.55. The number of hydrogen-bond donors (Lipinski definition) is 2. The smallest absolute Gasteiger partial charge is 0.262 e. The van der Waals surface area contributed by atoms with E-state index >= 15 is 0 Å². The van der Waals surface area contributed by atoms with Crippen LogP contribution < -0.4 is 19.5 Å². The number of aryl methyl sites for hydroxylation is 3. The largest absolute Gasteiger partial charge is 0.486 e. The zero-order valence-electron chi connectivity index (χ0n) is 18.5. The van der Waals surface area contributed by atoms with Crippen molar-refractivity contribution in [1.82, 2.24) is 15.1 Å². The Hall–Kier alpha value is -3.53. The van der Waals surface area contributed by atoms with E-state index in [1.165, 1.54) is 12.1 Å². The highest BCUT2D eigenvalue weighted by Crippen LogP contribution is 2.33. The van der Waals surface area contributed by atoms with Gasteiger partial charge in [0.05, 0.1) is 21.8 Å². The van der Waals surface area contributed by atoms with E-state index in [0.29, 0.717) is 44.2 Å². The number of nitrogens with zero attached hydrogens (tertiary/aromatic N) is 2. The van der Waals surface area contributed by atoms with Crippen molar-refractivity contribution in [3.8, 4) is 11.5 Å². The van der Waals surface area contributed by atoms with Crippen LogP contribution in [0.1, 0.15) is 28.2 Å². The number of anilines is 1. The fourth-order valence-corrected chi connectivity index (χ4v) is 4.69. The second-order valence-corrected chi connectivity index (χ2v) is 9.40. The Morgan fingerprint density at radius 2 is 1.82 bits per heavy atom. The monoisotopic (exact) mass is 470 g/mol. The average molecular weight is 471 g/mol. The molecule has 2 aromatic carbocycles. The molecule has 0 saturated carbocycles. The molecule has 0 radical (unpaired) electrons. The van der Waals surface area contributed by atoms with Gasteiger partial charge in [-0.25, -0.2) is 8.42 Å². The molecule has 1 amide bonds. The standard InChI is InChI=1S/C23H26N4O5S/c1-16-14-17(2)27(25-16)11-5-10-24-23(28)19-6-3-4-7-20(19)26-33(29,30)18-8-9-21-22(15-18)32-13-12-31-21/h3-4,6-9,14-15,26H,5,10-13H2,1-2H3,(H,24,28). The van der Waals surface area contributed by atoms with E-state index < -0.39 is 10.0 Å². The zero-order valence-corrected chi connectivity index (χ0v) is 19.3. The lowest BCUT2D eigenvalue weighted by molar-refractivity contribution is 0.0953. The fourth-order valence-electron chi connectivity index (χ4n) is 3.59. The number of carbonyl (C=O) groups is 1. The van der Waals surface area contributed by atoms with Crippen LogP contribution in [-0.4, -0.2) is 43.9 Å². The number of sulfonamides is 1. The molecule has 0 saturated heterocycles. The molecule has 174 valence electrons. The normalized spacial score (nSPS) is 12.9. The Balaban J connectivity index is 1.42. The van der Waals surface area contributed by atoms with Crippen molar-refractivity contribution in [3.63, 3.8) is 0 Å². The maximum Gasteiger partial charge on any atom is 0.262 e. The van der Waals surface area contributed by atoms with E-state index in [1.807, 2.05) is 24.6 Å². The first kappa shape index (κ1) is 22.7. The molecule has 9 nitrogen and oxygen atoms in total.